The first-order valence-electron chi connectivity index (χ1n) is 6.84. The molecular weight excluding hydrogens is 295 g/mol. The fourth-order valence-corrected chi connectivity index (χ4v) is 3.34. The van der Waals surface area contributed by atoms with E-state index in [1.807, 2.05) is 0 Å². The van der Waals surface area contributed by atoms with Gasteiger partial charge in [0, 0.05) is 25.2 Å². The van der Waals surface area contributed by atoms with Crippen molar-refractivity contribution in [3.05, 3.63) is 35.6 Å². The van der Waals surface area contributed by atoms with E-state index in [0.717, 1.165) is 6.26 Å². The van der Waals surface area contributed by atoms with Gasteiger partial charge in [-0.25, -0.2) is 17.1 Å². The number of sulfonamides is 1. The summed E-state index contributed by atoms with van der Waals surface area (Å²) < 4.78 is 37.8. The summed E-state index contributed by atoms with van der Waals surface area (Å²) in [7, 11) is -3.27. The molecule has 0 aliphatic carbocycles. The Hall–Kier alpha value is -1.47. The molecule has 1 N–H and O–H groups in total. The van der Waals surface area contributed by atoms with Crippen LogP contribution in [0.3, 0.4) is 0 Å². The molecule has 2 rings (SSSR count). The lowest BCUT2D eigenvalue weighted by atomic mass is 9.98. The number of benzene rings is 1. The average Bonchev–Trinajstić information content (AvgIpc) is 2.45. The molecule has 0 spiro atoms. The number of halogens is 1. The molecule has 0 radical (unpaired) electrons. The van der Waals surface area contributed by atoms with Crippen LogP contribution in [0.2, 0.25) is 0 Å². The Balaban J connectivity index is 1.93. The molecule has 1 heterocycles. The van der Waals surface area contributed by atoms with Crippen molar-refractivity contribution in [2.75, 3.05) is 19.3 Å². The molecule has 1 saturated heterocycles. The number of hydrogen-bond acceptors (Lipinski definition) is 3. The van der Waals surface area contributed by atoms with Crippen molar-refractivity contribution < 1.29 is 17.6 Å². The Morgan fingerprint density at radius 3 is 2.81 bits per heavy atom. The zero-order chi connectivity index (χ0) is 15.5. The summed E-state index contributed by atoms with van der Waals surface area (Å²) in [4.78, 5) is 12.1. The fourth-order valence-electron chi connectivity index (χ4n) is 2.43. The third kappa shape index (κ3) is 4.25. The molecule has 5 nitrogen and oxygen atoms in total. The highest BCUT2D eigenvalue weighted by Crippen LogP contribution is 2.19. The first kappa shape index (κ1) is 15.9. The third-order valence-electron chi connectivity index (χ3n) is 3.63. The molecule has 0 aromatic heterocycles. The van der Waals surface area contributed by atoms with Crippen LogP contribution in [0, 0.1) is 11.7 Å². The van der Waals surface area contributed by atoms with Crippen molar-refractivity contribution in [1.82, 2.24) is 9.62 Å². The monoisotopic (exact) mass is 314 g/mol. The molecule has 1 aliphatic heterocycles. The summed E-state index contributed by atoms with van der Waals surface area (Å²) in [5, 5.41) is 2.68. The van der Waals surface area contributed by atoms with E-state index in [0.29, 0.717) is 24.9 Å². The quantitative estimate of drug-likeness (QED) is 0.905. The van der Waals surface area contributed by atoms with Gasteiger partial charge >= 0.3 is 0 Å². The molecule has 116 valence electrons. The van der Waals surface area contributed by atoms with Crippen molar-refractivity contribution in [3.8, 4) is 0 Å². The van der Waals surface area contributed by atoms with E-state index in [4.69, 9.17) is 0 Å². The fraction of sp³-hybridized carbons (Fsp3) is 0.500. The van der Waals surface area contributed by atoms with Crippen LogP contribution in [-0.4, -0.2) is 38.0 Å². The van der Waals surface area contributed by atoms with Crippen LogP contribution >= 0.6 is 0 Å². The summed E-state index contributed by atoms with van der Waals surface area (Å²) in [6, 6.07) is 6.25. The highest BCUT2D eigenvalue weighted by Gasteiger charge is 2.29. The predicted octanol–water partition coefficient (Wildman–Crippen LogP) is 1.11. The molecule has 0 saturated carbocycles. The molecule has 1 aliphatic rings. The number of nitrogens with one attached hydrogen (secondary N) is 1. The maximum absolute atomic E-state index is 13.5. The Bertz CT molecular complexity index is 618. The Morgan fingerprint density at radius 2 is 2.14 bits per heavy atom. The summed E-state index contributed by atoms with van der Waals surface area (Å²) in [5.74, 6) is -0.967. The van der Waals surface area contributed by atoms with Gasteiger partial charge in [0.05, 0.1) is 12.2 Å². The van der Waals surface area contributed by atoms with Gasteiger partial charge in [0.1, 0.15) is 5.82 Å². The molecule has 1 atom stereocenters. The van der Waals surface area contributed by atoms with Crippen LogP contribution in [0.1, 0.15) is 18.4 Å². The molecule has 0 bridgehead atoms. The smallest absolute Gasteiger partial charge is 0.224 e. The van der Waals surface area contributed by atoms with Gasteiger partial charge < -0.3 is 5.32 Å². The van der Waals surface area contributed by atoms with Crippen LogP contribution in [0.4, 0.5) is 4.39 Å². The van der Waals surface area contributed by atoms with Crippen molar-refractivity contribution in [1.29, 1.82) is 0 Å². The molecule has 1 amide bonds. The number of rotatable bonds is 4. The van der Waals surface area contributed by atoms with Crippen molar-refractivity contribution >= 4 is 15.9 Å². The minimum Gasteiger partial charge on any atom is -0.352 e. The first-order valence-corrected chi connectivity index (χ1v) is 8.69. The largest absolute Gasteiger partial charge is 0.352 e. The molecule has 1 aromatic rings. The summed E-state index contributed by atoms with van der Waals surface area (Å²) >= 11 is 0. The maximum atomic E-state index is 13.5. The summed E-state index contributed by atoms with van der Waals surface area (Å²) in [6.45, 7) is 0.763. The third-order valence-corrected chi connectivity index (χ3v) is 4.90. The number of amides is 1. The zero-order valence-electron chi connectivity index (χ0n) is 11.9. The van der Waals surface area contributed by atoms with Crippen LogP contribution in [0.15, 0.2) is 24.3 Å². The lowest BCUT2D eigenvalue weighted by Gasteiger charge is -2.30. The molecule has 1 aromatic carbocycles. The minimum atomic E-state index is -3.27. The van der Waals surface area contributed by atoms with Crippen molar-refractivity contribution in [2.24, 2.45) is 5.92 Å². The molecule has 0 unspecified atom stereocenters. The van der Waals surface area contributed by atoms with Crippen molar-refractivity contribution in [2.45, 2.75) is 19.4 Å². The maximum Gasteiger partial charge on any atom is 0.224 e. The van der Waals surface area contributed by atoms with Crippen LogP contribution in [-0.2, 0) is 21.4 Å². The zero-order valence-corrected chi connectivity index (χ0v) is 12.7. The van der Waals surface area contributed by atoms with Gasteiger partial charge in [0.25, 0.3) is 0 Å². The van der Waals surface area contributed by atoms with E-state index in [9.17, 15) is 17.6 Å². The summed E-state index contributed by atoms with van der Waals surface area (Å²) in [5.41, 5.74) is 0.418. The second-order valence-corrected chi connectivity index (χ2v) is 7.25. The Morgan fingerprint density at radius 1 is 1.43 bits per heavy atom. The molecular formula is C14H19FN2O3S. The van der Waals surface area contributed by atoms with E-state index < -0.39 is 10.0 Å². The predicted molar refractivity (Wildman–Crippen MR) is 77.4 cm³/mol. The second-order valence-electron chi connectivity index (χ2n) is 5.27. The van der Waals surface area contributed by atoms with E-state index in [-0.39, 0.29) is 30.7 Å². The highest BCUT2D eigenvalue weighted by atomic mass is 32.2. The van der Waals surface area contributed by atoms with E-state index >= 15 is 0 Å². The normalized spacial score (nSPS) is 20.2. The second kappa shape index (κ2) is 6.53. The van der Waals surface area contributed by atoms with Crippen LogP contribution in [0.5, 0.6) is 0 Å². The topological polar surface area (TPSA) is 66.5 Å². The van der Waals surface area contributed by atoms with E-state index in [2.05, 4.69) is 5.32 Å². The highest BCUT2D eigenvalue weighted by molar-refractivity contribution is 7.88. The van der Waals surface area contributed by atoms with Gasteiger partial charge in [0.15, 0.2) is 0 Å². The SMILES string of the molecule is CS(=O)(=O)N1CCC[C@H](C(=O)NCc2ccccc2F)C1. The number of nitrogens with zero attached hydrogens (tertiary/aromatic N) is 1. The summed E-state index contributed by atoms with van der Waals surface area (Å²) in [6.07, 6.45) is 2.45. The standard InChI is InChI=1S/C14H19FN2O3S/c1-21(19,20)17-8-4-6-12(10-17)14(18)16-9-11-5-2-3-7-13(11)15/h2-3,5,7,12H,4,6,8-10H2,1H3,(H,16,18)/t12-/m0/s1. The van der Waals surface area contributed by atoms with Gasteiger partial charge in [-0.05, 0) is 18.9 Å². The molecule has 7 heteroatoms. The van der Waals surface area contributed by atoms with E-state index in [1.165, 1.54) is 10.4 Å². The Kier molecular flexibility index (Phi) is 4.95. The lowest BCUT2D eigenvalue weighted by Crippen LogP contribution is -2.44. The first-order chi connectivity index (χ1) is 9.88. The Labute approximate surface area is 124 Å². The number of piperidine rings is 1. The van der Waals surface area contributed by atoms with Gasteiger partial charge in [0.2, 0.25) is 15.9 Å². The van der Waals surface area contributed by atoms with Crippen molar-refractivity contribution in [3.63, 3.8) is 0 Å². The lowest BCUT2D eigenvalue weighted by molar-refractivity contribution is -0.126. The average molecular weight is 314 g/mol. The van der Waals surface area contributed by atoms with E-state index in [1.54, 1.807) is 18.2 Å². The number of carbonyl (C=O) groups is 1. The number of hydrogen-bond donors (Lipinski definition) is 1. The van der Waals surface area contributed by atoms with Gasteiger partial charge in [-0.15, -0.1) is 0 Å². The van der Waals surface area contributed by atoms with Crippen LogP contribution in [0.25, 0.3) is 0 Å². The minimum absolute atomic E-state index is 0.112. The molecule has 21 heavy (non-hydrogen) atoms. The van der Waals surface area contributed by atoms with Crippen LogP contribution < -0.4 is 5.32 Å². The molecule has 1 fully saturated rings. The van der Waals surface area contributed by atoms with Gasteiger partial charge in [-0.3, -0.25) is 4.79 Å². The van der Waals surface area contributed by atoms with Gasteiger partial charge in [-0.1, -0.05) is 18.2 Å². The van der Waals surface area contributed by atoms with Gasteiger partial charge in [-0.2, -0.15) is 0 Å². The number of carbonyl (C=O) groups excluding carboxylic acids is 1.